The molecule has 0 bridgehead atoms. The Labute approximate surface area is 115 Å². The van der Waals surface area contributed by atoms with Gasteiger partial charge in [0, 0.05) is 24.5 Å². The van der Waals surface area contributed by atoms with Gasteiger partial charge in [-0.3, -0.25) is 4.79 Å². The number of nitrogens with zero attached hydrogens (tertiary/aromatic N) is 1. The Balaban J connectivity index is 1.75. The maximum atomic E-state index is 12.2. The van der Waals surface area contributed by atoms with Gasteiger partial charge in [-0.25, -0.2) is 0 Å². The Hall–Kier alpha value is -1.29. The molecular weight excluding hydrogens is 240 g/mol. The zero-order valence-corrected chi connectivity index (χ0v) is 12.1. The second-order valence-electron chi connectivity index (χ2n) is 6.28. The van der Waals surface area contributed by atoms with Gasteiger partial charge in [-0.2, -0.15) is 0 Å². The van der Waals surface area contributed by atoms with E-state index in [4.69, 9.17) is 4.42 Å². The van der Waals surface area contributed by atoms with Crippen molar-refractivity contribution in [3.8, 4) is 0 Å². The van der Waals surface area contributed by atoms with E-state index in [9.17, 15) is 4.79 Å². The quantitative estimate of drug-likeness (QED) is 0.912. The Morgan fingerprint density at radius 3 is 2.63 bits per heavy atom. The van der Waals surface area contributed by atoms with E-state index >= 15 is 0 Å². The number of likely N-dealkylation sites (tertiary alicyclic amines) is 1. The molecule has 1 saturated heterocycles. The molecule has 0 radical (unpaired) electrons. The molecule has 19 heavy (non-hydrogen) atoms. The average molecular weight is 264 g/mol. The first-order valence-electron chi connectivity index (χ1n) is 7.02. The number of nitrogens with one attached hydrogen (secondary N) is 1. The van der Waals surface area contributed by atoms with Crippen molar-refractivity contribution in [2.45, 2.75) is 46.2 Å². The highest BCUT2D eigenvalue weighted by molar-refractivity contribution is 5.81. The molecule has 1 aliphatic rings. The smallest absolute Gasteiger partial charge is 0.227 e. The number of amides is 1. The maximum absolute atomic E-state index is 12.2. The monoisotopic (exact) mass is 264 g/mol. The summed E-state index contributed by atoms with van der Waals surface area (Å²) in [6.45, 7) is 8.42. The van der Waals surface area contributed by atoms with Crippen molar-refractivity contribution in [3.05, 3.63) is 24.2 Å². The van der Waals surface area contributed by atoms with Crippen LogP contribution in [-0.4, -0.2) is 29.9 Å². The van der Waals surface area contributed by atoms with E-state index in [1.807, 2.05) is 37.8 Å². The van der Waals surface area contributed by atoms with Crippen LogP contribution in [-0.2, 0) is 11.3 Å². The summed E-state index contributed by atoms with van der Waals surface area (Å²) < 4.78 is 5.30. The van der Waals surface area contributed by atoms with Gasteiger partial charge in [0.2, 0.25) is 5.91 Å². The Morgan fingerprint density at radius 1 is 1.42 bits per heavy atom. The molecule has 4 nitrogen and oxygen atoms in total. The van der Waals surface area contributed by atoms with Crippen LogP contribution in [0.3, 0.4) is 0 Å². The first-order chi connectivity index (χ1) is 8.97. The minimum absolute atomic E-state index is 0.261. The highest BCUT2D eigenvalue weighted by Gasteiger charge is 2.30. The van der Waals surface area contributed by atoms with E-state index in [2.05, 4.69) is 5.32 Å². The van der Waals surface area contributed by atoms with Crippen LogP contribution < -0.4 is 5.32 Å². The molecule has 0 spiro atoms. The number of carbonyl (C=O) groups excluding carboxylic acids is 1. The van der Waals surface area contributed by atoms with Crippen molar-refractivity contribution in [3.63, 3.8) is 0 Å². The first-order valence-corrected chi connectivity index (χ1v) is 7.02. The normalized spacial score (nSPS) is 17.7. The number of hydrogen-bond acceptors (Lipinski definition) is 3. The van der Waals surface area contributed by atoms with Gasteiger partial charge in [0.25, 0.3) is 0 Å². The van der Waals surface area contributed by atoms with Crippen molar-refractivity contribution in [2.75, 3.05) is 13.1 Å². The largest absolute Gasteiger partial charge is 0.468 e. The first kappa shape index (κ1) is 14.1. The van der Waals surface area contributed by atoms with E-state index in [1.165, 1.54) is 0 Å². The third-order valence-corrected chi connectivity index (χ3v) is 3.57. The van der Waals surface area contributed by atoms with Crippen LogP contribution in [0.2, 0.25) is 0 Å². The molecule has 0 unspecified atom stereocenters. The Morgan fingerprint density at radius 2 is 2.11 bits per heavy atom. The lowest BCUT2D eigenvalue weighted by atomic mass is 9.93. The van der Waals surface area contributed by atoms with Crippen LogP contribution in [0.5, 0.6) is 0 Å². The third-order valence-electron chi connectivity index (χ3n) is 3.57. The predicted octanol–water partition coefficient (Wildman–Crippen LogP) is 2.41. The number of furan rings is 1. The van der Waals surface area contributed by atoms with Gasteiger partial charge in [0.05, 0.1) is 12.8 Å². The molecule has 1 aromatic rings. The second kappa shape index (κ2) is 5.78. The summed E-state index contributed by atoms with van der Waals surface area (Å²) in [6.07, 6.45) is 3.73. The van der Waals surface area contributed by atoms with E-state index in [1.54, 1.807) is 6.26 Å². The summed E-state index contributed by atoms with van der Waals surface area (Å²) in [4.78, 5) is 14.2. The highest BCUT2D eigenvalue weighted by Crippen LogP contribution is 2.21. The van der Waals surface area contributed by atoms with Crippen molar-refractivity contribution in [1.82, 2.24) is 10.2 Å². The van der Waals surface area contributed by atoms with E-state index in [-0.39, 0.29) is 11.3 Å². The molecule has 1 N–H and O–H groups in total. The number of rotatable bonds is 3. The topological polar surface area (TPSA) is 45.5 Å². The minimum Gasteiger partial charge on any atom is -0.468 e. The fourth-order valence-corrected chi connectivity index (χ4v) is 2.42. The summed E-state index contributed by atoms with van der Waals surface area (Å²) in [5, 5.41) is 3.49. The highest BCUT2D eigenvalue weighted by atomic mass is 16.3. The lowest BCUT2D eigenvalue weighted by molar-refractivity contribution is -0.140. The van der Waals surface area contributed by atoms with E-state index < -0.39 is 0 Å². The van der Waals surface area contributed by atoms with E-state index in [0.29, 0.717) is 6.04 Å². The lowest BCUT2D eigenvalue weighted by Gasteiger charge is -2.36. The van der Waals surface area contributed by atoms with Crippen molar-refractivity contribution >= 4 is 5.91 Å². The molecule has 2 heterocycles. The molecule has 1 aliphatic heterocycles. The van der Waals surface area contributed by atoms with Crippen LogP contribution in [0.15, 0.2) is 22.8 Å². The summed E-state index contributed by atoms with van der Waals surface area (Å²) in [5.41, 5.74) is -0.269. The summed E-state index contributed by atoms with van der Waals surface area (Å²) in [7, 11) is 0. The molecule has 0 aromatic carbocycles. The number of piperidine rings is 1. The van der Waals surface area contributed by atoms with Crippen LogP contribution in [0.25, 0.3) is 0 Å². The van der Waals surface area contributed by atoms with Crippen LogP contribution >= 0.6 is 0 Å². The average Bonchev–Trinajstić information content (AvgIpc) is 2.88. The van der Waals surface area contributed by atoms with Crippen molar-refractivity contribution in [1.29, 1.82) is 0 Å². The van der Waals surface area contributed by atoms with Crippen molar-refractivity contribution < 1.29 is 9.21 Å². The van der Waals surface area contributed by atoms with Crippen molar-refractivity contribution in [2.24, 2.45) is 5.41 Å². The van der Waals surface area contributed by atoms with Gasteiger partial charge in [0.1, 0.15) is 5.76 Å². The van der Waals surface area contributed by atoms with Gasteiger partial charge in [0.15, 0.2) is 0 Å². The van der Waals surface area contributed by atoms with E-state index in [0.717, 1.165) is 38.2 Å². The molecule has 1 aromatic heterocycles. The molecule has 1 fully saturated rings. The zero-order valence-electron chi connectivity index (χ0n) is 12.1. The van der Waals surface area contributed by atoms with Gasteiger partial charge >= 0.3 is 0 Å². The number of carbonyl (C=O) groups is 1. The van der Waals surface area contributed by atoms with Gasteiger partial charge in [-0.05, 0) is 25.0 Å². The molecule has 2 rings (SSSR count). The number of hydrogen-bond donors (Lipinski definition) is 1. The molecule has 0 aliphatic carbocycles. The minimum atomic E-state index is -0.269. The second-order valence-corrected chi connectivity index (χ2v) is 6.28. The molecule has 0 atom stereocenters. The van der Waals surface area contributed by atoms with Crippen LogP contribution in [0, 0.1) is 5.41 Å². The molecule has 4 heteroatoms. The zero-order chi connectivity index (χ0) is 13.9. The third kappa shape index (κ3) is 3.83. The standard InChI is InChI=1S/C15H24N2O2/c1-15(2,3)14(18)17-8-6-12(7-9-17)16-11-13-5-4-10-19-13/h4-5,10,12,16H,6-9,11H2,1-3H3. The molecule has 0 saturated carbocycles. The Kier molecular flexibility index (Phi) is 4.30. The maximum Gasteiger partial charge on any atom is 0.227 e. The van der Waals surface area contributed by atoms with Crippen LogP contribution in [0.4, 0.5) is 0 Å². The van der Waals surface area contributed by atoms with Crippen LogP contribution in [0.1, 0.15) is 39.4 Å². The molecule has 1 amide bonds. The summed E-state index contributed by atoms with van der Waals surface area (Å²) >= 11 is 0. The fourth-order valence-electron chi connectivity index (χ4n) is 2.42. The summed E-state index contributed by atoms with van der Waals surface area (Å²) in [5.74, 6) is 1.23. The summed E-state index contributed by atoms with van der Waals surface area (Å²) in [6, 6.07) is 4.36. The molecule has 106 valence electrons. The fraction of sp³-hybridized carbons (Fsp3) is 0.667. The van der Waals surface area contributed by atoms with Gasteiger partial charge in [-0.1, -0.05) is 20.8 Å². The van der Waals surface area contributed by atoms with Gasteiger partial charge in [-0.15, -0.1) is 0 Å². The Bertz CT molecular complexity index is 398. The predicted molar refractivity (Wildman–Crippen MR) is 74.6 cm³/mol. The SMILES string of the molecule is CC(C)(C)C(=O)N1CCC(NCc2ccco2)CC1. The molecular formula is C15H24N2O2. The van der Waals surface area contributed by atoms with Gasteiger partial charge < -0.3 is 14.6 Å². The lowest BCUT2D eigenvalue weighted by Crippen LogP contribution is -2.48.